The Bertz CT molecular complexity index is 1530. The van der Waals surface area contributed by atoms with Gasteiger partial charge in [-0.15, -0.1) is 0 Å². The summed E-state index contributed by atoms with van der Waals surface area (Å²) in [6, 6.07) is 11.9. The Morgan fingerprint density at radius 2 is 1.78 bits per heavy atom. The van der Waals surface area contributed by atoms with E-state index in [0.717, 1.165) is 5.56 Å². The number of hydrogen-bond donors (Lipinski definition) is 0. The first-order valence-corrected chi connectivity index (χ1v) is 13.7. The smallest absolute Gasteiger partial charge is 0.271 e. The Labute approximate surface area is 230 Å². The number of rotatable bonds is 7. The molecule has 1 aliphatic heterocycles. The third-order valence-electron chi connectivity index (χ3n) is 6.11. The molecule has 4 rings (SSSR count). The van der Waals surface area contributed by atoms with Gasteiger partial charge >= 0.3 is 0 Å². The predicted octanol–water partition coefficient (Wildman–Crippen LogP) is 5.20. The predicted molar refractivity (Wildman–Crippen MR) is 150 cm³/mol. The molecule has 1 aromatic heterocycles. The lowest BCUT2D eigenvalue weighted by molar-refractivity contribution is -0.127. The molecular formula is C28H29Cl2N3O3S. The number of nitrogens with zero attached hydrogens (tertiary/aromatic N) is 3. The molecule has 1 aliphatic rings. The number of benzene rings is 2. The third kappa shape index (κ3) is 5.54. The number of halogens is 2. The normalized spacial score (nSPS) is 15.6. The molecule has 0 aliphatic carbocycles. The number of likely N-dealkylation sites (N-methyl/N-ethyl adjacent to an activating group) is 1. The van der Waals surface area contributed by atoms with Crippen LogP contribution in [0.4, 0.5) is 0 Å². The van der Waals surface area contributed by atoms with Crippen LogP contribution in [0.3, 0.4) is 0 Å². The highest BCUT2D eigenvalue weighted by atomic mass is 35.5. The molecule has 3 aromatic rings. The van der Waals surface area contributed by atoms with E-state index in [1.807, 2.05) is 46.8 Å². The van der Waals surface area contributed by atoms with Crippen LogP contribution in [0.15, 0.2) is 63.5 Å². The van der Waals surface area contributed by atoms with Gasteiger partial charge in [-0.25, -0.2) is 4.99 Å². The topological polar surface area (TPSA) is 63.9 Å². The second kappa shape index (κ2) is 11.3. The molecule has 2 heterocycles. The monoisotopic (exact) mass is 557 g/mol. The summed E-state index contributed by atoms with van der Waals surface area (Å²) in [5.74, 6) is 0.496. The summed E-state index contributed by atoms with van der Waals surface area (Å²) >= 11 is 13.7. The van der Waals surface area contributed by atoms with Crippen molar-refractivity contribution in [1.29, 1.82) is 0 Å². The second-order valence-electron chi connectivity index (χ2n) is 8.96. The number of amides is 1. The first-order valence-electron chi connectivity index (χ1n) is 12.2. The lowest BCUT2D eigenvalue weighted by Gasteiger charge is -2.29. The van der Waals surface area contributed by atoms with Gasteiger partial charge in [0, 0.05) is 28.7 Å². The van der Waals surface area contributed by atoms with Gasteiger partial charge in [-0.1, -0.05) is 46.7 Å². The van der Waals surface area contributed by atoms with E-state index in [2.05, 4.69) is 0 Å². The quantitative estimate of drug-likeness (QED) is 0.401. The Kier molecular flexibility index (Phi) is 8.26. The average Bonchev–Trinajstić information content (AvgIpc) is 3.15. The van der Waals surface area contributed by atoms with E-state index in [9.17, 15) is 9.59 Å². The summed E-state index contributed by atoms with van der Waals surface area (Å²) in [5, 5.41) is 1.12. The van der Waals surface area contributed by atoms with Crippen LogP contribution in [-0.2, 0) is 4.79 Å². The maximum atomic E-state index is 13.9. The molecule has 0 saturated carbocycles. The summed E-state index contributed by atoms with van der Waals surface area (Å²) in [6.07, 6.45) is 1.73. The van der Waals surface area contributed by atoms with Crippen molar-refractivity contribution in [3.8, 4) is 5.75 Å². The minimum atomic E-state index is -0.630. The van der Waals surface area contributed by atoms with Gasteiger partial charge in [0.25, 0.3) is 11.5 Å². The molecule has 0 unspecified atom stereocenters. The van der Waals surface area contributed by atoms with E-state index in [4.69, 9.17) is 32.9 Å². The second-order valence-corrected chi connectivity index (χ2v) is 10.8. The Morgan fingerprint density at radius 1 is 1.14 bits per heavy atom. The first kappa shape index (κ1) is 27.2. The van der Waals surface area contributed by atoms with Crippen LogP contribution in [0, 0.1) is 0 Å². The van der Waals surface area contributed by atoms with Crippen LogP contribution in [0.5, 0.6) is 5.75 Å². The van der Waals surface area contributed by atoms with Crippen molar-refractivity contribution >= 4 is 46.5 Å². The lowest BCUT2D eigenvalue weighted by atomic mass is 9.94. The number of carbonyl (C=O) groups excluding carboxylic acids is 1. The summed E-state index contributed by atoms with van der Waals surface area (Å²) in [4.78, 5) is 34.5. The molecule has 0 spiro atoms. The van der Waals surface area contributed by atoms with Gasteiger partial charge in [0.2, 0.25) is 0 Å². The van der Waals surface area contributed by atoms with Gasteiger partial charge in [0.15, 0.2) is 4.80 Å². The van der Waals surface area contributed by atoms with Gasteiger partial charge in [-0.05, 0) is 76.6 Å². The maximum absolute atomic E-state index is 13.9. The van der Waals surface area contributed by atoms with Crippen molar-refractivity contribution in [3.05, 3.63) is 94.6 Å². The molecular weight excluding hydrogens is 529 g/mol. The summed E-state index contributed by atoms with van der Waals surface area (Å²) in [7, 11) is 0. The van der Waals surface area contributed by atoms with E-state index >= 15 is 0 Å². The third-order valence-corrected chi connectivity index (χ3v) is 7.58. The fraction of sp³-hybridized carbons (Fsp3) is 0.321. The molecule has 0 radical (unpaired) electrons. The summed E-state index contributed by atoms with van der Waals surface area (Å²) in [5.41, 5.74) is 2.32. The van der Waals surface area contributed by atoms with Crippen LogP contribution < -0.4 is 19.6 Å². The van der Waals surface area contributed by atoms with Gasteiger partial charge in [-0.3, -0.25) is 14.2 Å². The van der Waals surface area contributed by atoms with Crippen molar-refractivity contribution in [1.82, 2.24) is 9.47 Å². The number of fused-ring (bicyclic) bond motifs is 1. The summed E-state index contributed by atoms with van der Waals surface area (Å²) in [6.45, 7) is 10.7. The molecule has 194 valence electrons. The van der Waals surface area contributed by atoms with Crippen molar-refractivity contribution in [2.45, 2.75) is 46.8 Å². The molecule has 2 aromatic carbocycles. The molecule has 37 heavy (non-hydrogen) atoms. The zero-order valence-corrected chi connectivity index (χ0v) is 23.7. The fourth-order valence-corrected chi connectivity index (χ4v) is 5.72. The zero-order valence-electron chi connectivity index (χ0n) is 21.4. The highest BCUT2D eigenvalue weighted by molar-refractivity contribution is 7.07. The fourth-order valence-electron chi connectivity index (χ4n) is 4.37. The van der Waals surface area contributed by atoms with Crippen molar-refractivity contribution in [3.63, 3.8) is 0 Å². The molecule has 0 bridgehead atoms. The lowest BCUT2D eigenvalue weighted by Crippen LogP contribution is -2.43. The molecule has 6 nitrogen and oxygen atoms in total. The van der Waals surface area contributed by atoms with Crippen LogP contribution in [-0.4, -0.2) is 34.6 Å². The molecule has 0 fully saturated rings. The number of carbonyl (C=O) groups is 1. The molecule has 1 atom stereocenters. The molecule has 0 N–H and O–H groups in total. The van der Waals surface area contributed by atoms with Gasteiger partial charge < -0.3 is 9.64 Å². The standard InChI is InChI=1S/C28H29Cl2N3O3S/c1-6-32(7-2)27(35)24-17(5)31-28-33(25(24)18-8-10-20(29)11-9-18)26(34)23(37-28)15-19-14-21(30)12-13-22(19)36-16(3)4/h8-16,25H,6-7H2,1-5H3/b23-15-/t25-/m0/s1. The van der Waals surface area contributed by atoms with Crippen LogP contribution in [0.2, 0.25) is 10.0 Å². The minimum absolute atomic E-state index is 0.0456. The zero-order chi connectivity index (χ0) is 26.9. The minimum Gasteiger partial charge on any atom is -0.490 e. The Balaban J connectivity index is 1.96. The number of hydrogen-bond acceptors (Lipinski definition) is 5. The van der Waals surface area contributed by atoms with E-state index in [0.29, 0.717) is 55.1 Å². The Hall–Kier alpha value is -2.87. The van der Waals surface area contributed by atoms with Crippen LogP contribution in [0.25, 0.3) is 6.08 Å². The first-order chi connectivity index (χ1) is 17.6. The van der Waals surface area contributed by atoms with E-state index in [-0.39, 0.29) is 17.6 Å². The number of aromatic nitrogens is 1. The largest absolute Gasteiger partial charge is 0.490 e. The Morgan fingerprint density at radius 3 is 2.41 bits per heavy atom. The summed E-state index contributed by atoms with van der Waals surface area (Å²) < 4.78 is 8.02. The van der Waals surface area contributed by atoms with E-state index in [1.165, 1.54) is 11.3 Å². The number of thiazole rings is 1. The SMILES string of the molecule is CCN(CC)C(=O)C1=C(C)N=c2s/c(=C\c3cc(Cl)ccc3OC(C)C)c(=O)n2[C@H]1c1ccc(Cl)cc1. The van der Waals surface area contributed by atoms with Crippen molar-refractivity contribution in [2.24, 2.45) is 4.99 Å². The highest BCUT2D eigenvalue weighted by Gasteiger charge is 2.34. The maximum Gasteiger partial charge on any atom is 0.271 e. The van der Waals surface area contributed by atoms with Gasteiger partial charge in [0.05, 0.1) is 27.9 Å². The van der Waals surface area contributed by atoms with Crippen molar-refractivity contribution < 1.29 is 9.53 Å². The average molecular weight is 559 g/mol. The van der Waals surface area contributed by atoms with Crippen LogP contribution >= 0.6 is 34.5 Å². The van der Waals surface area contributed by atoms with Crippen LogP contribution in [0.1, 0.15) is 51.8 Å². The van der Waals surface area contributed by atoms with Gasteiger partial charge in [-0.2, -0.15) is 0 Å². The molecule has 1 amide bonds. The number of allylic oxidation sites excluding steroid dienone is 1. The number of ether oxygens (including phenoxy) is 1. The molecule has 9 heteroatoms. The van der Waals surface area contributed by atoms with Crippen molar-refractivity contribution in [2.75, 3.05) is 13.1 Å². The molecule has 0 saturated heterocycles. The highest BCUT2D eigenvalue weighted by Crippen LogP contribution is 2.32. The van der Waals surface area contributed by atoms with Gasteiger partial charge in [0.1, 0.15) is 5.75 Å². The van der Waals surface area contributed by atoms with E-state index in [1.54, 1.807) is 45.9 Å². The van der Waals surface area contributed by atoms with E-state index < -0.39 is 6.04 Å².